The van der Waals surface area contributed by atoms with E-state index in [9.17, 15) is 14.9 Å². The van der Waals surface area contributed by atoms with Gasteiger partial charge in [0.25, 0.3) is 5.69 Å². The smallest absolute Gasteiger partial charge is 0.413 e. The quantitative estimate of drug-likeness (QED) is 0.309. The summed E-state index contributed by atoms with van der Waals surface area (Å²) in [4.78, 5) is 32.9. The molecule has 1 N–H and O–H groups in total. The summed E-state index contributed by atoms with van der Waals surface area (Å²) < 4.78 is 5.32. The number of rotatable bonds is 4. The molecule has 0 atom stereocenters. The standard InChI is InChI=1S/C18H17BrN4O4S/c1-18(2,3)27-17(24)22-15-14-13(10-4-6-11(7-5-10)23(25)26)12(8-19)28-16(14)21-9-20-15/h4-7,9H,8H2,1-3H3,(H,20,21,22,24). The van der Waals surface area contributed by atoms with E-state index in [2.05, 4.69) is 31.2 Å². The molecule has 2 heterocycles. The third kappa shape index (κ3) is 4.28. The first-order chi connectivity index (χ1) is 13.2. The third-order valence-corrected chi connectivity index (χ3v) is 5.70. The lowest BCUT2D eigenvalue weighted by Gasteiger charge is -2.19. The van der Waals surface area contributed by atoms with E-state index >= 15 is 0 Å². The summed E-state index contributed by atoms with van der Waals surface area (Å²) >= 11 is 4.94. The molecule has 0 fully saturated rings. The molecule has 2 aromatic heterocycles. The number of hydrogen-bond acceptors (Lipinski definition) is 7. The van der Waals surface area contributed by atoms with E-state index in [-0.39, 0.29) is 5.69 Å². The van der Waals surface area contributed by atoms with Crippen LogP contribution in [0, 0.1) is 10.1 Å². The molecule has 0 aliphatic carbocycles. The maximum atomic E-state index is 12.2. The third-order valence-electron chi connectivity index (χ3n) is 3.67. The SMILES string of the molecule is CC(C)(C)OC(=O)Nc1ncnc2sc(CBr)c(-c3ccc([N+](=O)[O-])cc3)c12. The van der Waals surface area contributed by atoms with Crippen molar-refractivity contribution in [2.24, 2.45) is 0 Å². The van der Waals surface area contributed by atoms with Crippen molar-refractivity contribution in [1.82, 2.24) is 9.97 Å². The molecule has 0 saturated heterocycles. The van der Waals surface area contributed by atoms with Crippen LogP contribution in [0.5, 0.6) is 0 Å². The van der Waals surface area contributed by atoms with Crippen LogP contribution in [0.1, 0.15) is 25.6 Å². The highest BCUT2D eigenvalue weighted by atomic mass is 79.9. The van der Waals surface area contributed by atoms with Gasteiger partial charge in [0.1, 0.15) is 22.6 Å². The molecule has 0 bridgehead atoms. The van der Waals surface area contributed by atoms with Crippen LogP contribution >= 0.6 is 27.3 Å². The van der Waals surface area contributed by atoms with Crippen LogP contribution in [0.15, 0.2) is 30.6 Å². The first-order valence-corrected chi connectivity index (χ1v) is 10.2. The number of hydrogen-bond donors (Lipinski definition) is 1. The first kappa shape index (κ1) is 20.2. The van der Waals surface area contributed by atoms with Crippen LogP contribution in [0.3, 0.4) is 0 Å². The molecule has 0 spiro atoms. The van der Waals surface area contributed by atoms with Gasteiger partial charge in [-0.3, -0.25) is 15.4 Å². The number of thiophene rings is 1. The minimum absolute atomic E-state index is 0.00651. The van der Waals surface area contributed by atoms with E-state index in [1.807, 2.05) is 0 Å². The van der Waals surface area contributed by atoms with Gasteiger partial charge < -0.3 is 4.74 Å². The number of benzene rings is 1. The zero-order valence-corrected chi connectivity index (χ0v) is 17.8. The van der Waals surface area contributed by atoms with Crippen LogP contribution in [0.2, 0.25) is 0 Å². The van der Waals surface area contributed by atoms with Crippen molar-refractivity contribution in [2.45, 2.75) is 31.7 Å². The zero-order chi connectivity index (χ0) is 20.5. The molecule has 0 unspecified atom stereocenters. The Bertz CT molecular complexity index is 1040. The van der Waals surface area contributed by atoms with Gasteiger partial charge in [-0.05, 0) is 38.5 Å². The normalized spacial score (nSPS) is 11.4. The zero-order valence-electron chi connectivity index (χ0n) is 15.4. The summed E-state index contributed by atoms with van der Waals surface area (Å²) in [7, 11) is 0. The Hall–Kier alpha value is -2.59. The van der Waals surface area contributed by atoms with Crippen molar-refractivity contribution in [2.75, 3.05) is 5.32 Å². The van der Waals surface area contributed by atoms with Gasteiger partial charge in [-0.1, -0.05) is 15.9 Å². The van der Waals surface area contributed by atoms with Crippen molar-refractivity contribution in [1.29, 1.82) is 0 Å². The molecule has 0 radical (unpaired) electrons. The summed E-state index contributed by atoms with van der Waals surface area (Å²) in [6.07, 6.45) is 0.761. The van der Waals surface area contributed by atoms with Gasteiger partial charge in [-0.25, -0.2) is 14.8 Å². The van der Waals surface area contributed by atoms with Gasteiger partial charge in [-0.15, -0.1) is 11.3 Å². The fourth-order valence-electron chi connectivity index (χ4n) is 2.62. The highest BCUT2D eigenvalue weighted by Gasteiger charge is 2.22. The summed E-state index contributed by atoms with van der Waals surface area (Å²) in [5, 5.41) is 14.9. The highest BCUT2D eigenvalue weighted by molar-refractivity contribution is 9.08. The number of carbonyl (C=O) groups is 1. The second-order valence-electron chi connectivity index (χ2n) is 6.87. The minimum Gasteiger partial charge on any atom is -0.444 e. The number of ether oxygens (including phenoxy) is 1. The number of halogens is 1. The number of aromatic nitrogens is 2. The van der Waals surface area contributed by atoms with E-state index in [1.54, 1.807) is 32.9 Å². The second kappa shape index (κ2) is 7.80. The summed E-state index contributed by atoms with van der Waals surface area (Å²) in [6.45, 7) is 5.33. The van der Waals surface area contributed by atoms with E-state index < -0.39 is 16.6 Å². The number of non-ortho nitro benzene ring substituents is 1. The molecular formula is C18H17BrN4O4S. The molecular weight excluding hydrogens is 448 g/mol. The second-order valence-corrected chi connectivity index (χ2v) is 8.51. The minimum atomic E-state index is -0.646. The molecule has 3 aromatic rings. The molecule has 3 rings (SSSR count). The Balaban J connectivity index is 2.11. The number of nitro groups is 1. The monoisotopic (exact) mass is 464 g/mol. The van der Waals surface area contributed by atoms with E-state index in [0.717, 1.165) is 16.0 Å². The molecule has 0 saturated carbocycles. The van der Waals surface area contributed by atoms with E-state index in [1.165, 1.54) is 29.8 Å². The Labute approximate surface area is 173 Å². The predicted molar refractivity (Wildman–Crippen MR) is 112 cm³/mol. The lowest BCUT2D eigenvalue weighted by Crippen LogP contribution is -2.27. The van der Waals surface area contributed by atoms with Gasteiger partial charge in [0.15, 0.2) is 0 Å². The van der Waals surface area contributed by atoms with Gasteiger partial charge in [0.05, 0.1) is 10.3 Å². The Morgan fingerprint density at radius 1 is 1.29 bits per heavy atom. The molecule has 1 amide bonds. The average molecular weight is 465 g/mol. The van der Waals surface area contributed by atoms with Gasteiger partial charge in [0.2, 0.25) is 0 Å². The number of alkyl halides is 1. The molecule has 0 aliphatic heterocycles. The Morgan fingerprint density at radius 3 is 2.54 bits per heavy atom. The topological polar surface area (TPSA) is 107 Å². The fraction of sp³-hybridized carbons (Fsp3) is 0.278. The van der Waals surface area contributed by atoms with Gasteiger partial charge in [0, 0.05) is 27.9 Å². The van der Waals surface area contributed by atoms with Crippen molar-refractivity contribution in [3.8, 4) is 11.1 Å². The number of anilines is 1. The van der Waals surface area contributed by atoms with Crippen LogP contribution in [0.4, 0.5) is 16.3 Å². The maximum Gasteiger partial charge on any atom is 0.413 e. The largest absolute Gasteiger partial charge is 0.444 e. The van der Waals surface area contributed by atoms with Gasteiger partial charge in [-0.2, -0.15) is 0 Å². The van der Waals surface area contributed by atoms with Gasteiger partial charge >= 0.3 is 6.09 Å². The predicted octanol–water partition coefficient (Wildman–Crippen LogP) is 5.51. The Kier molecular flexibility index (Phi) is 5.61. The number of nitrogens with one attached hydrogen (secondary N) is 1. The van der Waals surface area contributed by atoms with E-state index in [0.29, 0.717) is 21.4 Å². The van der Waals surface area contributed by atoms with Crippen molar-refractivity contribution >= 4 is 55.1 Å². The van der Waals surface area contributed by atoms with Crippen LogP contribution < -0.4 is 5.32 Å². The lowest BCUT2D eigenvalue weighted by molar-refractivity contribution is -0.384. The van der Waals surface area contributed by atoms with Crippen LogP contribution in [-0.2, 0) is 10.1 Å². The van der Waals surface area contributed by atoms with Crippen LogP contribution in [-0.4, -0.2) is 26.6 Å². The van der Waals surface area contributed by atoms with E-state index in [4.69, 9.17) is 4.74 Å². The van der Waals surface area contributed by atoms with Crippen LogP contribution in [0.25, 0.3) is 21.3 Å². The molecule has 10 heteroatoms. The highest BCUT2D eigenvalue weighted by Crippen LogP contribution is 2.42. The van der Waals surface area contributed by atoms with Crippen molar-refractivity contribution in [3.63, 3.8) is 0 Å². The number of amides is 1. The summed E-state index contributed by atoms with van der Waals surface area (Å²) in [5.74, 6) is 0.330. The molecule has 0 aliphatic rings. The number of fused-ring (bicyclic) bond motifs is 1. The summed E-state index contributed by atoms with van der Waals surface area (Å²) in [6, 6.07) is 6.25. The maximum absolute atomic E-state index is 12.2. The first-order valence-electron chi connectivity index (χ1n) is 8.27. The molecule has 1 aromatic carbocycles. The molecule has 146 valence electrons. The molecule has 8 nitrogen and oxygen atoms in total. The fourth-order valence-corrected chi connectivity index (χ4v) is 4.26. The number of nitro benzene ring substituents is 1. The number of carbonyl (C=O) groups excluding carboxylic acids is 1. The Morgan fingerprint density at radius 2 is 1.96 bits per heavy atom. The lowest BCUT2D eigenvalue weighted by atomic mass is 10.0. The average Bonchev–Trinajstić information content (AvgIpc) is 3.00. The molecule has 28 heavy (non-hydrogen) atoms. The van der Waals surface area contributed by atoms with Crippen molar-refractivity contribution < 1.29 is 14.5 Å². The van der Waals surface area contributed by atoms with Crippen molar-refractivity contribution in [3.05, 3.63) is 45.6 Å². The number of nitrogens with zero attached hydrogens (tertiary/aromatic N) is 3. The summed E-state index contributed by atoms with van der Waals surface area (Å²) in [5.41, 5.74) is 0.950.